The molecule has 0 aromatic heterocycles. The summed E-state index contributed by atoms with van der Waals surface area (Å²) in [5.41, 5.74) is 3.82. The molecule has 0 aromatic rings. The van der Waals surface area contributed by atoms with Gasteiger partial charge in [-0.3, -0.25) is 5.43 Å². The number of hydrogen-bond donors (Lipinski definition) is 1. The summed E-state index contributed by atoms with van der Waals surface area (Å²) >= 11 is 0. The van der Waals surface area contributed by atoms with Crippen molar-refractivity contribution in [3.63, 3.8) is 0 Å². The Morgan fingerprint density at radius 1 is 1.25 bits per heavy atom. The highest BCUT2D eigenvalue weighted by atomic mass is 16.6. The van der Waals surface area contributed by atoms with Crippen LogP contribution in [-0.4, -0.2) is 42.4 Å². The summed E-state index contributed by atoms with van der Waals surface area (Å²) in [7, 11) is 0. The molecule has 20 heavy (non-hydrogen) atoms. The first-order valence-corrected chi connectivity index (χ1v) is 6.89. The summed E-state index contributed by atoms with van der Waals surface area (Å²) in [5.74, 6) is -0.262. The number of rotatable bonds is 4. The number of esters is 1. The largest absolute Gasteiger partial charge is 0.463 e. The Morgan fingerprint density at radius 3 is 2.30 bits per heavy atom. The molecule has 6 heteroatoms. The van der Waals surface area contributed by atoms with E-state index in [1.165, 1.54) is 0 Å². The fourth-order valence-electron chi connectivity index (χ4n) is 1.87. The third-order valence-corrected chi connectivity index (χ3v) is 2.71. The van der Waals surface area contributed by atoms with Gasteiger partial charge < -0.3 is 9.47 Å². The minimum absolute atomic E-state index is 0.262. The van der Waals surface area contributed by atoms with Gasteiger partial charge in [0.05, 0.1) is 6.61 Å². The van der Waals surface area contributed by atoms with E-state index in [0.717, 1.165) is 5.57 Å². The van der Waals surface area contributed by atoms with Gasteiger partial charge >= 0.3 is 12.1 Å². The van der Waals surface area contributed by atoms with E-state index in [2.05, 4.69) is 5.43 Å². The molecule has 0 spiro atoms. The van der Waals surface area contributed by atoms with Crippen molar-refractivity contribution in [1.82, 2.24) is 10.4 Å². The molecule has 1 aliphatic rings. The fraction of sp³-hybridized carbons (Fsp3) is 0.714. The first-order chi connectivity index (χ1) is 9.26. The molecule has 1 saturated heterocycles. The third-order valence-electron chi connectivity index (χ3n) is 2.71. The summed E-state index contributed by atoms with van der Waals surface area (Å²) in [6.07, 6.45) is 0.153. The SMILES string of the molecule is CCOC(=O)C(CC)=C1CN(NC(=O)OC(C)(C)C)C1. The van der Waals surface area contributed by atoms with Crippen molar-refractivity contribution in [3.8, 4) is 0 Å². The van der Waals surface area contributed by atoms with Crippen LogP contribution in [-0.2, 0) is 14.3 Å². The van der Waals surface area contributed by atoms with E-state index in [4.69, 9.17) is 9.47 Å². The minimum atomic E-state index is -0.521. The second-order valence-corrected chi connectivity index (χ2v) is 5.63. The maximum Gasteiger partial charge on any atom is 0.422 e. The molecule has 114 valence electrons. The summed E-state index contributed by atoms with van der Waals surface area (Å²) < 4.78 is 10.2. The lowest BCUT2D eigenvalue weighted by molar-refractivity contribution is -0.138. The lowest BCUT2D eigenvalue weighted by Gasteiger charge is -2.35. The predicted octanol–water partition coefficient (Wildman–Crippen LogP) is 2.01. The number of carbonyl (C=O) groups excluding carboxylic acids is 2. The summed E-state index contributed by atoms with van der Waals surface area (Å²) in [6.45, 7) is 10.6. The Balaban J connectivity index is 2.48. The van der Waals surface area contributed by atoms with Crippen LogP contribution in [0, 0.1) is 0 Å². The van der Waals surface area contributed by atoms with E-state index in [0.29, 0.717) is 31.7 Å². The molecule has 1 aliphatic heterocycles. The van der Waals surface area contributed by atoms with Crippen LogP contribution < -0.4 is 5.43 Å². The van der Waals surface area contributed by atoms with Crippen molar-refractivity contribution in [2.75, 3.05) is 19.7 Å². The minimum Gasteiger partial charge on any atom is -0.463 e. The molecule has 0 atom stereocenters. The van der Waals surface area contributed by atoms with Gasteiger partial charge in [-0.25, -0.2) is 14.6 Å². The van der Waals surface area contributed by atoms with Gasteiger partial charge in [0.2, 0.25) is 0 Å². The van der Waals surface area contributed by atoms with Crippen LogP contribution in [0.5, 0.6) is 0 Å². The highest BCUT2D eigenvalue weighted by Crippen LogP contribution is 2.20. The molecule has 0 radical (unpaired) electrons. The van der Waals surface area contributed by atoms with Crippen LogP contribution in [0.2, 0.25) is 0 Å². The number of amides is 1. The maximum absolute atomic E-state index is 11.7. The van der Waals surface area contributed by atoms with E-state index in [1.54, 1.807) is 11.9 Å². The summed E-state index contributed by atoms with van der Waals surface area (Å²) in [6, 6.07) is 0. The molecule has 1 amide bonds. The van der Waals surface area contributed by atoms with Gasteiger partial charge in [-0.1, -0.05) is 6.92 Å². The van der Waals surface area contributed by atoms with Crippen molar-refractivity contribution in [2.24, 2.45) is 0 Å². The first kappa shape index (κ1) is 16.5. The Morgan fingerprint density at radius 2 is 1.85 bits per heavy atom. The van der Waals surface area contributed by atoms with Crippen LogP contribution >= 0.6 is 0 Å². The fourth-order valence-corrected chi connectivity index (χ4v) is 1.87. The number of nitrogens with one attached hydrogen (secondary N) is 1. The zero-order valence-corrected chi connectivity index (χ0v) is 12.9. The number of carbonyl (C=O) groups is 2. The molecule has 1 heterocycles. The lowest BCUT2D eigenvalue weighted by Crippen LogP contribution is -2.53. The maximum atomic E-state index is 11.7. The van der Waals surface area contributed by atoms with E-state index in [9.17, 15) is 9.59 Å². The van der Waals surface area contributed by atoms with Gasteiger partial charge in [0.1, 0.15) is 5.60 Å². The van der Waals surface area contributed by atoms with Gasteiger partial charge in [-0.05, 0) is 39.7 Å². The van der Waals surface area contributed by atoms with Crippen LogP contribution in [0.25, 0.3) is 0 Å². The number of nitrogens with zero attached hydrogens (tertiary/aromatic N) is 1. The van der Waals surface area contributed by atoms with Crippen molar-refractivity contribution in [1.29, 1.82) is 0 Å². The van der Waals surface area contributed by atoms with E-state index in [1.807, 2.05) is 27.7 Å². The zero-order valence-electron chi connectivity index (χ0n) is 12.9. The highest BCUT2D eigenvalue weighted by molar-refractivity contribution is 5.89. The van der Waals surface area contributed by atoms with Crippen LogP contribution in [0.3, 0.4) is 0 Å². The Hall–Kier alpha value is -1.56. The second kappa shape index (κ2) is 6.74. The number of ether oxygens (including phenoxy) is 2. The molecule has 0 aliphatic carbocycles. The molecular formula is C14H24N2O4. The average molecular weight is 284 g/mol. The van der Waals surface area contributed by atoms with Gasteiger partial charge in [0.15, 0.2) is 0 Å². The Bertz CT molecular complexity index is 402. The quantitative estimate of drug-likeness (QED) is 0.632. The van der Waals surface area contributed by atoms with Crippen LogP contribution in [0.15, 0.2) is 11.1 Å². The van der Waals surface area contributed by atoms with E-state index >= 15 is 0 Å². The first-order valence-electron chi connectivity index (χ1n) is 6.89. The number of hydrazine groups is 1. The van der Waals surface area contributed by atoms with Crippen molar-refractivity contribution < 1.29 is 19.1 Å². The van der Waals surface area contributed by atoms with Gasteiger partial charge in [0.25, 0.3) is 0 Å². The molecule has 0 aromatic carbocycles. The Labute approximate surface area is 120 Å². The second-order valence-electron chi connectivity index (χ2n) is 5.63. The monoisotopic (exact) mass is 284 g/mol. The zero-order chi connectivity index (χ0) is 15.3. The lowest BCUT2D eigenvalue weighted by atomic mass is 10.0. The van der Waals surface area contributed by atoms with Gasteiger partial charge in [-0.15, -0.1) is 0 Å². The highest BCUT2D eigenvalue weighted by Gasteiger charge is 2.28. The summed E-state index contributed by atoms with van der Waals surface area (Å²) in [4.78, 5) is 23.3. The number of hydrogen-bond acceptors (Lipinski definition) is 5. The molecule has 0 bridgehead atoms. The predicted molar refractivity (Wildman–Crippen MR) is 74.9 cm³/mol. The smallest absolute Gasteiger partial charge is 0.422 e. The van der Waals surface area contributed by atoms with Crippen molar-refractivity contribution in [3.05, 3.63) is 11.1 Å². The topological polar surface area (TPSA) is 67.9 Å². The normalized spacial score (nSPS) is 15.3. The molecule has 1 N–H and O–H groups in total. The van der Waals surface area contributed by atoms with Crippen molar-refractivity contribution in [2.45, 2.75) is 46.6 Å². The standard InChI is InChI=1S/C14H24N2O4/c1-6-11(12(17)19-7-2)10-8-16(9-10)15-13(18)20-14(3,4)5/h6-9H2,1-5H3,(H,15,18). The van der Waals surface area contributed by atoms with Crippen molar-refractivity contribution >= 4 is 12.1 Å². The molecule has 1 fully saturated rings. The summed E-state index contributed by atoms with van der Waals surface area (Å²) in [5, 5.41) is 1.71. The van der Waals surface area contributed by atoms with Crippen LogP contribution in [0.1, 0.15) is 41.0 Å². The van der Waals surface area contributed by atoms with Gasteiger partial charge in [-0.2, -0.15) is 0 Å². The Kier molecular flexibility index (Phi) is 5.56. The van der Waals surface area contributed by atoms with E-state index in [-0.39, 0.29) is 5.97 Å². The average Bonchev–Trinajstić information content (AvgIpc) is 2.24. The third kappa shape index (κ3) is 4.85. The van der Waals surface area contributed by atoms with Gasteiger partial charge in [0, 0.05) is 18.7 Å². The van der Waals surface area contributed by atoms with E-state index < -0.39 is 11.7 Å². The molecule has 0 unspecified atom stereocenters. The molecular weight excluding hydrogens is 260 g/mol. The molecule has 1 rings (SSSR count). The van der Waals surface area contributed by atoms with Crippen LogP contribution in [0.4, 0.5) is 4.79 Å². The molecule has 6 nitrogen and oxygen atoms in total. The molecule has 0 saturated carbocycles.